The Morgan fingerprint density at radius 1 is 1.13 bits per heavy atom. The fourth-order valence-electron chi connectivity index (χ4n) is 2.41. The van der Waals surface area contributed by atoms with E-state index in [-0.39, 0.29) is 11.9 Å². The number of benzene rings is 1. The average Bonchev–Trinajstić information content (AvgIpc) is 2.60. The van der Waals surface area contributed by atoms with Crippen molar-refractivity contribution in [1.29, 1.82) is 0 Å². The molecule has 0 aliphatic heterocycles. The van der Waals surface area contributed by atoms with Crippen LogP contribution >= 0.6 is 0 Å². The normalized spacial score (nSPS) is 12.4. The molecule has 0 spiro atoms. The number of rotatable bonds is 4. The Labute approximate surface area is 134 Å². The predicted molar refractivity (Wildman–Crippen MR) is 91.6 cm³/mol. The molecule has 3 aromatic rings. The molecule has 1 aromatic carbocycles. The smallest absolute Gasteiger partial charge is 0.244 e. The van der Waals surface area contributed by atoms with Crippen molar-refractivity contribution in [2.24, 2.45) is 0 Å². The maximum atomic E-state index is 12.1. The summed E-state index contributed by atoms with van der Waals surface area (Å²) in [6.45, 7) is 1.94. The van der Waals surface area contributed by atoms with Crippen LogP contribution in [-0.2, 0) is 4.79 Å². The number of nitrogens with one attached hydrogen (secondary N) is 1. The first kappa shape index (κ1) is 14.9. The van der Waals surface area contributed by atoms with E-state index in [0.29, 0.717) is 0 Å². The molecule has 0 saturated carbocycles. The van der Waals surface area contributed by atoms with Gasteiger partial charge < -0.3 is 5.32 Å². The SMILES string of the molecule is C[C@@H](NC(=O)/C=C/c1ccnc2ccccc12)c1cccnc1. The minimum atomic E-state index is -0.137. The van der Waals surface area contributed by atoms with Crippen LogP contribution in [0.1, 0.15) is 24.1 Å². The number of carbonyl (C=O) groups is 1. The molecule has 3 rings (SSSR count). The molecule has 0 aliphatic carbocycles. The predicted octanol–water partition coefficient (Wildman–Crippen LogP) is 3.52. The van der Waals surface area contributed by atoms with Crippen molar-refractivity contribution in [3.63, 3.8) is 0 Å². The summed E-state index contributed by atoms with van der Waals surface area (Å²) in [5, 5.41) is 3.96. The van der Waals surface area contributed by atoms with Crippen molar-refractivity contribution in [3.8, 4) is 0 Å². The summed E-state index contributed by atoms with van der Waals surface area (Å²) in [5.74, 6) is -0.137. The van der Waals surface area contributed by atoms with Crippen molar-refractivity contribution in [3.05, 3.63) is 78.3 Å². The van der Waals surface area contributed by atoms with Crippen LogP contribution in [0.5, 0.6) is 0 Å². The lowest BCUT2D eigenvalue weighted by molar-refractivity contribution is -0.117. The van der Waals surface area contributed by atoms with Gasteiger partial charge in [0.15, 0.2) is 0 Å². The Morgan fingerprint density at radius 3 is 2.83 bits per heavy atom. The second kappa shape index (κ2) is 6.83. The third-order valence-corrected chi connectivity index (χ3v) is 3.64. The zero-order valence-corrected chi connectivity index (χ0v) is 12.8. The summed E-state index contributed by atoms with van der Waals surface area (Å²) in [7, 11) is 0. The van der Waals surface area contributed by atoms with E-state index in [9.17, 15) is 4.79 Å². The number of fused-ring (bicyclic) bond motifs is 1. The summed E-state index contributed by atoms with van der Waals surface area (Å²) in [6.07, 6.45) is 8.58. The third-order valence-electron chi connectivity index (χ3n) is 3.64. The van der Waals surface area contributed by atoms with E-state index >= 15 is 0 Å². The average molecular weight is 303 g/mol. The summed E-state index contributed by atoms with van der Waals surface area (Å²) in [5.41, 5.74) is 2.86. The maximum absolute atomic E-state index is 12.1. The van der Waals surface area contributed by atoms with Gasteiger partial charge in [-0.3, -0.25) is 14.8 Å². The lowest BCUT2D eigenvalue weighted by atomic mass is 10.1. The monoisotopic (exact) mass is 303 g/mol. The second-order valence-electron chi connectivity index (χ2n) is 5.27. The van der Waals surface area contributed by atoms with Gasteiger partial charge in [-0.2, -0.15) is 0 Å². The molecule has 23 heavy (non-hydrogen) atoms. The zero-order valence-electron chi connectivity index (χ0n) is 12.8. The molecule has 114 valence electrons. The van der Waals surface area contributed by atoms with Crippen LogP contribution in [0, 0.1) is 0 Å². The first-order valence-electron chi connectivity index (χ1n) is 7.46. The number of pyridine rings is 2. The van der Waals surface area contributed by atoms with Gasteiger partial charge >= 0.3 is 0 Å². The van der Waals surface area contributed by atoms with Gasteiger partial charge in [0.25, 0.3) is 0 Å². The quantitative estimate of drug-likeness (QED) is 0.750. The van der Waals surface area contributed by atoms with Gasteiger partial charge in [0.05, 0.1) is 11.6 Å². The summed E-state index contributed by atoms with van der Waals surface area (Å²) >= 11 is 0. The standard InChI is InChI=1S/C19H17N3O/c1-14(16-5-4-11-20-13-16)22-19(23)9-8-15-10-12-21-18-7-3-2-6-17(15)18/h2-14H,1H3,(H,22,23)/b9-8+/t14-/m1/s1. The summed E-state index contributed by atoms with van der Waals surface area (Å²) in [6, 6.07) is 13.5. The molecule has 4 heteroatoms. The number of amides is 1. The first-order valence-corrected chi connectivity index (χ1v) is 7.46. The van der Waals surface area contributed by atoms with Crippen LogP contribution in [0.15, 0.2) is 67.1 Å². The van der Waals surface area contributed by atoms with Crippen molar-refractivity contribution in [1.82, 2.24) is 15.3 Å². The molecule has 0 aliphatic rings. The van der Waals surface area contributed by atoms with Crippen molar-refractivity contribution in [2.75, 3.05) is 0 Å². The Bertz CT molecular complexity index is 838. The van der Waals surface area contributed by atoms with E-state index < -0.39 is 0 Å². The zero-order chi connectivity index (χ0) is 16.1. The molecular weight excluding hydrogens is 286 g/mol. The number of para-hydroxylation sites is 1. The number of hydrogen-bond donors (Lipinski definition) is 1. The summed E-state index contributed by atoms with van der Waals surface area (Å²) in [4.78, 5) is 20.5. The van der Waals surface area contributed by atoms with E-state index in [1.807, 2.05) is 55.5 Å². The Balaban J connectivity index is 1.73. The minimum absolute atomic E-state index is 0.0879. The van der Waals surface area contributed by atoms with Crippen molar-refractivity contribution >= 4 is 22.9 Å². The van der Waals surface area contributed by atoms with Crippen LogP contribution < -0.4 is 5.32 Å². The Kier molecular flexibility index (Phi) is 4.43. The molecule has 2 heterocycles. The van der Waals surface area contributed by atoms with Crippen molar-refractivity contribution < 1.29 is 4.79 Å². The molecule has 1 atom stereocenters. The van der Waals surface area contributed by atoms with Crippen LogP contribution in [0.25, 0.3) is 17.0 Å². The molecule has 2 aromatic heterocycles. The topological polar surface area (TPSA) is 54.9 Å². The fraction of sp³-hybridized carbons (Fsp3) is 0.105. The highest BCUT2D eigenvalue weighted by Crippen LogP contribution is 2.17. The van der Waals surface area contributed by atoms with E-state index in [1.54, 1.807) is 24.7 Å². The number of aromatic nitrogens is 2. The van der Waals surface area contributed by atoms with Gasteiger partial charge in [-0.25, -0.2) is 0 Å². The maximum Gasteiger partial charge on any atom is 0.244 e. The second-order valence-corrected chi connectivity index (χ2v) is 5.27. The number of hydrogen-bond acceptors (Lipinski definition) is 3. The lowest BCUT2D eigenvalue weighted by Gasteiger charge is -2.12. The van der Waals surface area contributed by atoms with E-state index in [2.05, 4.69) is 15.3 Å². The number of nitrogens with zero attached hydrogens (tertiary/aromatic N) is 2. The highest BCUT2D eigenvalue weighted by atomic mass is 16.1. The molecule has 1 N–H and O–H groups in total. The third kappa shape index (κ3) is 3.61. The highest BCUT2D eigenvalue weighted by molar-refractivity contribution is 5.95. The van der Waals surface area contributed by atoms with Gasteiger partial charge in [0.2, 0.25) is 5.91 Å². The van der Waals surface area contributed by atoms with Gasteiger partial charge in [0, 0.05) is 30.1 Å². The molecular formula is C19H17N3O. The minimum Gasteiger partial charge on any atom is -0.346 e. The molecule has 0 radical (unpaired) electrons. The van der Waals surface area contributed by atoms with Crippen LogP contribution in [0.4, 0.5) is 0 Å². The lowest BCUT2D eigenvalue weighted by Crippen LogP contribution is -2.24. The number of carbonyl (C=O) groups excluding carboxylic acids is 1. The van der Waals surface area contributed by atoms with Gasteiger partial charge in [-0.1, -0.05) is 24.3 Å². The van der Waals surface area contributed by atoms with Crippen LogP contribution in [0.3, 0.4) is 0 Å². The van der Waals surface area contributed by atoms with Crippen molar-refractivity contribution in [2.45, 2.75) is 13.0 Å². The molecule has 1 amide bonds. The fourth-order valence-corrected chi connectivity index (χ4v) is 2.41. The van der Waals surface area contributed by atoms with Crippen LogP contribution in [0.2, 0.25) is 0 Å². The Morgan fingerprint density at radius 2 is 2.00 bits per heavy atom. The largest absolute Gasteiger partial charge is 0.346 e. The van der Waals surface area contributed by atoms with Gasteiger partial charge in [-0.05, 0) is 42.3 Å². The van der Waals surface area contributed by atoms with E-state index in [4.69, 9.17) is 0 Å². The molecule has 0 fully saturated rings. The molecule has 4 nitrogen and oxygen atoms in total. The highest BCUT2D eigenvalue weighted by Gasteiger charge is 2.07. The van der Waals surface area contributed by atoms with Gasteiger partial charge in [-0.15, -0.1) is 0 Å². The molecule has 0 bridgehead atoms. The van der Waals surface area contributed by atoms with Crippen LogP contribution in [-0.4, -0.2) is 15.9 Å². The first-order chi connectivity index (χ1) is 11.2. The Hall–Kier alpha value is -3.01. The molecule has 0 saturated heterocycles. The van der Waals surface area contributed by atoms with E-state index in [0.717, 1.165) is 22.0 Å². The van der Waals surface area contributed by atoms with Gasteiger partial charge in [0.1, 0.15) is 0 Å². The summed E-state index contributed by atoms with van der Waals surface area (Å²) < 4.78 is 0. The van der Waals surface area contributed by atoms with E-state index in [1.165, 1.54) is 0 Å². The molecule has 0 unspecified atom stereocenters.